The molecule has 0 bridgehead atoms. The highest BCUT2D eigenvalue weighted by Gasteiger charge is 2.15. The number of thioether (sulfide) groups is 1. The van der Waals surface area contributed by atoms with Crippen molar-refractivity contribution in [3.05, 3.63) is 59.9 Å². The smallest absolute Gasteiger partial charge is 0.230 e. The molecule has 0 aliphatic carbocycles. The van der Waals surface area contributed by atoms with Gasteiger partial charge in [0.15, 0.2) is 10.2 Å². The molecule has 0 N–H and O–H groups in total. The Kier molecular flexibility index (Phi) is 3.96. The maximum absolute atomic E-state index is 4.74. The SMILES string of the molecule is Cc1ccccc1-c1nn2c(CSc3nc4ccccc4s3)nnc2s1. The number of para-hydroxylation sites is 1. The number of rotatable bonds is 4. The van der Waals surface area contributed by atoms with E-state index in [1.807, 2.05) is 34.8 Å². The number of aromatic nitrogens is 5. The van der Waals surface area contributed by atoms with Crippen molar-refractivity contribution in [2.45, 2.75) is 17.0 Å². The minimum absolute atomic E-state index is 0.692. The van der Waals surface area contributed by atoms with Crippen molar-refractivity contribution in [1.82, 2.24) is 24.8 Å². The number of hydrogen-bond donors (Lipinski definition) is 0. The third-order valence-corrected chi connectivity index (χ3v) is 7.14. The molecule has 0 spiro atoms. The zero-order valence-electron chi connectivity index (χ0n) is 13.8. The summed E-state index contributed by atoms with van der Waals surface area (Å²) in [6.45, 7) is 2.10. The molecule has 26 heavy (non-hydrogen) atoms. The van der Waals surface area contributed by atoms with Gasteiger partial charge in [0, 0.05) is 5.56 Å². The maximum Gasteiger partial charge on any atom is 0.235 e. The van der Waals surface area contributed by atoms with E-state index < -0.39 is 0 Å². The van der Waals surface area contributed by atoms with Crippen LogP contribution in [-0.2, 0) is 5.75 Å². The monoisotopic (exact) mass is 395 g/mol. The second kappa shape index (κ2) is 6.46. The molecule has 0 aliphatic rings. The highest BCUT2D eigenvalue weighted by molar-refractivity contribution is 8.00. The van der Waals surface area contributed by atoms with Crippen LogP contribution in [0, 0.1) is 6.92 Å². The number of aryl methyl sites for hydroxylation is 1. The summed E-state index contributed by atoms with van der Waals surface area (Å²) < 4.78 is 4.10. The Morgan fingerprint density at radius 2 is 1.85 bits per heavy atom. The third kappa shape index (κ3) is 2.80. The van der Waals surface area contributed by atoms with Crippen LogP contribution in [-0.4, -0.2) is 24.8 Å². The average molecular weight is 396 g/mol. The summed E-state index contributed by atoms with van der Waals surface area (Å²) in [5.41, 5.74) is 3.40. The van der Waals surface area contributed by atoms with E-state index in [-0.39, 0.29) is 0 Å². The average Bonchev–Trinajstić information content (AvgIpc) is 3.34. The van der Waals surface area contributed by atoms with Gasteiger partial charge in [-0.05, 0) is 24.6 Å². The van der Waals surface area contributed by atoms with Crippen molar-refractivity contribution in [3.63, 3.8) is 0 Å². The van der Waals surface area contributed by atoms with Gasteiger partial charge in [-0.25, -0.2) is 4.98 Å². The van der Waals surface area contributed by atoms with E-state index >= 15 is 0 Å². The van der Waals surface area contributed by atoms with Crippen molar-refractivity contribution in [3.8, 4) is 10.6 Å². The Morgan fingerprint density at radius 3 is 2.73 bits per heavy atom. The van der Waals surface area contributed by atoms with Crippen LogP contribution in [0.4, 0.5) is 0 Å². The minimum Gasteiger partial charge on any atom is -0.230 e. The number of fused-ring (bicyclic) bond motifs is 2. The van der Waals surface area contributed by atoms with Gasteiger partial charge < -0.3 is 0 Å². The van der Waals surface area contributed by atoms with Gasteiger partial charge >= 0.3 is 0 Å². The Labute approximate surface area is 161 Å². The zero-order valence-corrected chi connectivity index (χ0v) is 16.2. The second-order valence-electron chi connectivity index (χ2n) is 5.77. The lowest BCUT2D eigenvalue weighted by molar-refractivity contribution is 0.887. The topological polar surface area (TPSA) is 56.0 Å². The van der Waals surface area contributed by atoms with Crippen LogP contribution in [0.15, 0.2) is 52.9 Å². The lowest BCUT2D eigenvalue weighted by atomic mass is 10.1. The summed E-state index contributed by atoms with van der Waals surface area (Å²) in [4.78, 5) is 5.49. The van der Waals surface area contributed by atoms with Crippen LogP contribution >= 0.6 is 34.4 Å². The summed E-state index contributed by atoms with van der Waals surface area (Å²) >= 11 is 4.95. The molecule has 0 fully saturated rings. The molecule has 0 saturated carbocycles. The molecule has 8 heteroatoms. The fraction of sp³-hybridized carbons (Fsp3) is 0.111. The minimum atomic E-state index is 0.692. The highest BCUT2D eigenvalue weighted by atomic mass is 32.2. The maximum atomic E-state index is 4.74. The molecule has 3 heterocycles. The van der Waals surface area contributed by atoms with Crippen LogP contribution in [0.25, 0.3) is 25.7 Å². The fourth-order valence-corrected chi connectivity index (χ4v) is 5.63. The molecule has 0 atom stereocenters. The number of thiazole rings is 1. The normalized spacial score (nSPS) is 11.6. The van der Waals surface area contributed by atoms with Crippen LogP contribution in [0.1, 0.15) is 11.4 Å². The molecular weight excluding hydrogens is 382 g/mol. The zero-order chi connectivity index (χ0) is 17.5. The molecule has 0 aliphatic heterocycles. The first-order valence-electron chi connectivity index (χ1n) is 8.03. The van der Waals surface area contributed by atoms with E-state index in [0.717, 1.165) is 31.2 Å². The van der Waals surface area contributed by atoms with E-state index in [1.54, 1.807) is 34.4 Å². The molecule has 0 unspecified atom stereocenters. The Bertz CT molecular complexity index is 1190. The number of hydrogen-bond acceptors (Lipinski definition) is 7. The summed E-state index contributed by atoms with van der Waals surface area (Å²) in [5.74, 6) is 1.54. The van der Waals surface area contributed by atoms with Crippen LogP contribution in [0.3, 0.4) is 0 Å². The van der Waals surface area contributed by atoms with Crippen molar-refractivity contribution < 1.29 is 0 Å². The van der Waals surface area contributed by atoms with Gasteiger partial charge in [0.05, 0.1) is 16.0 Å². The van der Waals surface area contributed by atoms with Crippen LogP contribution in [0.5, 0.6) is 0 Å². The Morgan fingerprint density at radius 1 is 1.00 bits per heavy atom. The van der Waals surface area contributed by atoms with E-state index in [0.29, 0.717) is 5.75 Å². The molecule has 3 aromatic heterocycles. The summed E-state index contributed by atoms with van der Waals surface area (Å²) in [6, 6.07) is 16.5. The quantitative estimate of drug-likeness (QED) is 0.398. The lowest BCUT2D eigenvalue weighted by Gasteiger charge is -1.99. The molecule has 0 amide bonds. The van der Waals surface area contributed by atoms with Gasteiger partial charge in [-0.1, -0.05) is 59.5 Å². The van der Waals surface area contributed by atoms with E-state index in [9.17, 15) is 0 Å². The first kappa shape index (κ1) is 15.9. The molecule has 5 nitrogen and oxygen atoms in total. The molecule has 2 aromatic carbocycles. The van der Waals surface area contributed by atoms with Crippen LogP contribution < -0.4 is 0 Å². The van der Waals surface area contributed by atoms with Gasteiger partial charge in [0.1, 0.15) is 5.01 Å². The first-order chi connectivity index (χ1) is 12.8. The standard InChI is InChI=1S/C18H13N5S3/c1-11-6-2-3-7-12(11)16-22-23-15(20-21-17(23)26-16)10-24-18-19-13-8-4-5-9-14(13)25-18/h2-9H,10H2,1H3. The second-order valence-corrected chi connectivity index (χ2v) is 8.98. The van der Waals surface area contributed by atoms with Crippen molar-refractivity contribution >= 4 is 49.6 Å². The van der Waals surface area contributed by atoms with Gasteiger partial charge in [0.25, 0.3) is 0 Å². The largest absolute Gasteiger partial charge is 0.235 e. The fourth-order valence-electron chi connectivity index (χ4n) is 2.71. The summed E-state index contributed by atoms with van der Waals surface area (Å²) in [7, 11) is 0. The van der Waals surface area contributed by atoms with E-state index in [1.165, 1.54) is 10.3 Å². The molecule has 5 rings (SSSR count). The molecule has 128 valence electrons. The highest BCUT2D eigenvalue weighted by Crippen LogP contribution is 2.32. The summed E-state index contributed by atoms with van der Waals surface area (Å²) in [5, 5.41) is 14.3. The summed E-state index contributed by atoms with van der Waals surface area (Å²) in [6.07, 6.45) is 0. The molecule has 0 saturated heterocycles. The third-order valence-electron chi connectivity index (χ3n) is 4.03. The molecular formula is C18H13N5S3. The number of nitrogens with zero attached hydrogens (tertiary/aromatic N) is 5. The van der Waals surface area contributed by atoms with E-state index in [2.05, 4.69) is 40.3 Å². The number of benzene rings is 2. The predicted octanol–water partition coefficient (Wildman–Crippen LogP) is 5.06. The molecule has 0 radical (unpaired) electrons. The van der Waals surface area contributed by atoms with Crippen molar-refractivity contribution in [2.75, 3.05) is 0 Å². The van der Waals surface area contributed by atoms with Crippen LogP contribution in [0.2, 0.25) is 0 Å². The van der Waals surface area contributed by atoms with Gasteiger partial charge in [-0.3, -0.25) is 0 Å². The Hall–Kier alpha value is -2.29. The van der Waals surface area contributed by atoms with Crippen molar-refractivity contribution in [2.24, 2.45) is 0 Å². The first-order valence-corrected chi connectivity index (χ1v) is 10.7. The van der Waals surface area contributed by atoms with E-state index in [4.69, 9.17) is 5.10 Å². The Balaban J connectivity index is 1.43. The van der Waals surface area contributed by atoms with Gasteiger partial charge in [-0.2, -0.15) is 9.61 Å². The van der Waals surface area contributed by atoms with Gasteiger partial charge in [0.2, 0.25) is 4.96 Å². The lowest BCUT2D eigenvalue weighted by Crippen LogP contribution is -1.94. The predicted molar refractivity (Wildman–Crippen MR) is 108 cm³/mol. The van der Waals surface area contributed by atoms with Gasteiger partial charge in [-0.15, -0.1) is 21.5 Å². The molecule has 5 aromatic rings. The van der Waals surface area contributed by atoms with Crippen molar-refractivity contribution in [1.29, 1.82) is 0 Å².